The van der Waals surface area contributed by atoms with Gasteiger partial charge in [0, 0.05) is 6.04 Å². The van der Waals surface area contributed by atoms with E-state index in [9.17, 15) is 0 Å². The Morgan fingerprint density at radius 3 is 2.10 bits per heavy atom. The smallest absolute Gasteiger partial charge is 0.399 e. The second-order valence-electron chi connectivity index (χ2n) is 6.98. The highest BCUT2D eigenvalue weighted by Gasteiger charge is 2.51. The number of benzene rings is 1. The molecule has 2 fully saturated rings. The maximum atomic E-state index is 6.07. The van der Waals surface area contributed by atoms with Crippen molar-refractivity contribution < 1.29 is 14.0 Å². The van der Waals surface area contributed by atoms with Crippen LogP contribution in [0.5, 0.6) is 0 Å². The van der Waals surface area contributed by atoms with Crippen molar-refractivity contribution in [3.63, 3.8) is 0 Å². The molecule has 0 bridgehead atoms. The quantitative estimate of drug-likeness (QED) is 0.845. The van der Waals surface area contributed by atoms with Gasteiger partial charge in [-0.2, -0.15) is 0 Å². The first-order chi connectivity index (χ1) is 9.80. The van der Waals surface area contributed by atoms with E-state index in [1.807, 2.05) is 0 Å². The topological polar surface area (TPSA) is 39.7 Å². The number of hydrogen-bond donors (Lipinski definition) is 1. The molecule has 0 aliphatic carbocycles. The summed E-state index contributed by atoms with van der Waals surface area (Å²) in [4.78, 5) is 0. The lowest BCUT2D eigenvalue weighted by molar-refractivity contribution is 0.00578. The summed E-state index contributed by atoms with van der Waals surface area (Å²) in [6.07, 6.45) is 0.123. The van der Waals surface area contributed by atoms with Crippen molar-refractivity contribution in [3.05, 3.63) is 29.8 Å². The maximum absolute atomic E-state index is 6.07. The number of nitrogens with one attached hydrogen (secondary N) is 1. The van der Waals surface area contributed by atoms with Crippen LogP contribution in [-0.4, -0.2) is 31.1 Å². The van der Waals surface area contributed by atoms with Gasteiger partial charge in [-0.1, -0.05) is 24.3 Å². The molecule has 2 atom stereocenters. The average Bonchev–Trinajstić information content (AvgIpc) is 2.92. The highest BCUT2D eigenvalue weighted by atomic mass is 16.7. The van der Waals surface area contributed by atoms with Gasteiger partial charge in [-0.05, 0) is 45.6 Å². The second kappa shape index (κ2) is 5.09. The molecule has 0 radical (unpaired) electrons. The van der Waals surface area contributed by atoms with E-state index in [-0.39, 0.29) is 24.4 Å². The molecular formula is C16H24BNO3. The van der Waals surface area contributed by atoms with Crippen molar-refractivity contribution in [1.82, 2.24) is 5.32 Å². The van der Waals surface area contributed by atoms with E-state index in [1.54, 1.807) is 0 Å². The molecule has 4 nitrogen and oxygen atoms in total. The standard InChI is InChI=1S/C16H24BNO3/c1-11-14(19-10-18-11)12-6-8-13(9-7-12)17-20-15(2,3)16(4,5)21-17/h6-9,11,14,18H,10H2,1-5H3/t11-,14-/m1/s1. The van der Waals surface area contributed by atoms with E-state index in [1.165, 1.54) is 5.56 Å². The summed E-state index contributed by atoms with van der Waals surface area (Å²) in [5.41, 5.74) is 1.64. The number of ether oxygens (including phenoxy) is 1. The van der Waals surface area contributed by atoms with Crippen molar-refractivity contribution >= 4 is 12.6 Å². The van der Waals surface area contributed by atoms with Gasteiger partial charge < -0.3 is 14.0 Å². The summed E-state index contributed by atoms with van der Waals surface area (Å²) >= 11 is 0. The maximum Gasteiger partial charge on any atom is 0.494 e. The van der Waals surface area contributed by atoms with Crippen LogP contribution in [0.15, 0.2) is 24.3 Å². The summed E-state index contributed by atoms with van der Waals surface area (Å²) < 4.78 is 17.9. The van der Waals surface area contributed by atoms with Crippen LogP contribution < -0.4 is 10.8 Å². The first kappa shape index (κ1) is 15.0. The molecule has 2 heterocycles. The fourth-order valence-corrected chi connectivity index (χ4v) is 2.73. The Morgan fingerprint density at radius 1 is 1.05 bits per heavy atom. The van der Waals surface area contributed by atoms with Gasteiger partial charge in [0.15, 0.2) is 0 Å². The van der Waals surface area contributed by atoms with Gasteiger partial charge in [0.05, 0.1) is 24.0 Å². The van der Waals surface area contributed by atoms with Crippen LogP contribution in [-0.2, 0) is 14.0 Å². The highest BCUT2D eigenvalue weighted by molar-refractivity contribution is 6.62. The van der Waals surface area contributed by atoms with Crippen LogP contribution in [0.25, 0.3) is 0 Å². The predicted molar refractivity (Wildman–Crippen MR) is 83.4 cm³/mol. The molecule has 21 heavy (non-hydrogen) atoms. The lowest BCUT2D eigenvalue weighted by Crippen LogP contribution is -2.41. The van der Waals surface area contributed by atoms with Crippen molar-refractivity contribution in [2.45, 2.75) is 58.0 Å². The number of hydrogen-bond acceptors (Lipinski definition) is 4. The van der Waals surface area contributed by atoms with Gasteiger partial charge in [-0.3, -0.25) is 5.32 Å². The van der Waals surface area contributed by atoms with E-state index in [0.717, 1.165) is 5.46 Å². The third-order valence-electron chi connectivity index (χ3n) is 4.91. The molecule has 5 heteroatoms. The Balaban J connectivity index is 1.76. The molecule has 0 aromatic heterocycles. The summed E-state index contributed by atoms with van der Waals surface area (Å²) in [5, 5.41) is 3.29. The van der Waals surface area contributed by atoms with Crippen LogP contribution >= 0.6 is 0 Å². The Bertz CT molecular complexity index is 499. The minimum Gasteiger partial charge on any atom is -0.399 e. The lowest BCUT2D eigenvalue weighted by atomic mass is 9.78. The molecule has 3 rings (SSSR count). The van der Waals surface area contributed by atoms with Gasteiger partial charge in [0.2, 0.25) is 0 Å². The molecule has 0 unspecified atom stereocenters. The van der Waals surface area contributed by atoms with Crippen LogP contribution in [0.3, 0.4) is 0 Å². The first-order valence-corrected chi connectivity index (χ1v) is 7.61. The zero-order valence-corrected chi connectivity index (χ0v) is 13.5. The average molecular weight is 289 g/mol. The molecule has 0 spiro atoms. The predicted octanol–water partition coefficient (Wildman–Crippen LogP) is 1.99. The zero-order chi connectivity index (χ0) is 15.3. The van der Waals surface area contributed by atoms with Gasteiger partial charge in [0.25, 0.3) is 0 Å². The Kier molecular flexibility index (Phi) is 3.65. The minimum absolute atomic E-state index is 0.123. The largest absolute Gasteiger partial charge is 0.494 e. The van der Waals surface area contributed by atoms with E-state index in [4.69, 9.17) is 14.0 Å². The van der Waals surface area contributed by atoms with Crippen LogP contribution in [0, 0.1) is 0 Å². The summed E-state index contributed by atoms with van der Waals surface area (Å²) in [6.45, 7) is 11.0. The fourth-order valence-electron chi connectivity index (χ4n) is 2.73. The molecule has 0 amide bonds. The van der Waals surface area contributed by atoms with E-state index >= 15 is 0 Å². The normalized spacial score (nSPS) is 30.8. The van der Waals surface area contributed by atoms with Gasteiger partial charge >= 0.3 is 7.12 Å². The van der Waals surface area contributed by atoms with Crippen molar-refractivity contribution in [2.75, 3.05) is 6.73 Å². The van der Waals surface area contributed by atoms with Crippen LogP contribution in [0.2, 0.25) is 0 Å². The molecular weight excluding hydrogens is 265 g/mol. The van der Waals surface area contributed by atoms with Gasteiger partial charge in [-0.15, -0.1) is 0 Å². The number of rotatable bonds is 2. The zero-order valence-electron chi connectivity index (χ0n) is 13.5. The molecule has 2 saturated heterocycles. The Hall–Kier alpha value is -0.875. The van der Waals surface area contributed by atoms with E-state index in [2.05, 4.69) is 64.2 Å². The van der Waals surface area contributed by atoms with Crippen LogP contribution in [0.4, 0.5) is 0 Å². The molecule has 2 aliphatic rings. The second-order valence-corrected chi connectivity index (χ2v) is 6.98. The fraction of sp³-hybridized carbons (Fsp3) is 0.625. The minimum atomic E-state index is -0.302. The molecule has 1 N–H and O–H groups in total. The molecule has 114 valence electrons. The Morgan fingerprint density at radius 2 is 1.62 bits per heavy atom. The van der Waals surface area contributed by atoms with Crippen molar-refractivity contribution in [2.24, 2.45) is 0 Å². The van der Waals surface area contributed by atoms with Crippen molar-refractivity contribution in [3.8, 4) is 0 Å². The molecule has 0 saturated carbocycles. The SMILES string of the molecule is C[C@H]1NCO[C@H]1c1ccc(B2OC(C)(C)C(C)(C)O2)cc1. The third-order valence-corrected chi connectivity index (χ3v) is 4.91. The van der Waals surface area contributed by atoms with Gasteiger partial charge in [-0.25, -0.2) is 0 Å². The van der Waals surface area contributed by atoms with Crippen LogP contribution in [0.1, 0.15) is 46.3 Å². The summed E-state index contributed by atoms with van der Waals surface area (Å²) in [7, 11) is -0.302. The monoisotopic (exact) mass is 289 g/mol. The third kappa shape index (κ3) is 2.64. The molecule has 1 aromatic carbocycles. The van der Waals surface area contributed by atoms with E-state index < -0.39 is 0 Å². The summed E-state index contributed by atoms with van der Waals surface area (Å²) in [6, 6.07) is 8.70. The van der Waals surface area contributed by atoms with Crippen molar-refractivity contribution in [1.29, 1.82) is 0 Å². The van der Waals surface area contributed by atoms with E-state index in [0.29, 0.717) is 12.8 Å². The lowest BCUT2D eigenvalue weighted by Gasteiger charge is -2.32. The first-order valence-electron chi connectivity index (χ1n) is 7.61. The highest BCUT2D eigenvalue weighted by Crippen LogP contribution is 2.36. The van der Waals surface area contributed by atoms with Gasteiger partial charge in [0.1, 0.15) is 0 Å². The summed E-state index contributed by atoms with van der Waals surface area (Å²) in [5.74, 6) is 0. The molecule has 2 aliphatic heterocycles. The molecule has 1 aromatic rings. The Labute approximate surface area is 127 Å².